The summed E-state index contributed by atoms with van der Waals surface area (Å²) in [7, 11) is 0. The quantitative estimate of drug-likeness (QED) is 0.529. The van der Waals surface area contributed by atoms with Gasteiger partial charge in [0.15, 0.2) is 0 Å². The summed E-state index contributed by atoms with van der Waals surface area (Å²) in [6, 6.07) is 0. The van der Waals surface area contributed by atoms with Gasteiger partial charge >= 0.3 is 0 Å². The fourth-order valence-corrected chi connectivity index (χ4v) is 1.40. The molecule has 0 saturated heterocycles. The highest BCUT2D eigenvalue weighted by Crippen LogP contribution is 2.29. The third kappa shape index (κ3) is 1.11. The lowest BCUT2D eigenvalue weighted by Gasteiger charge is -2.20. The number of hydrogen-bond acceptors (Lipinski definition) is 1. The smallest absolute Gasteiger partial charge is 0.130 e. The molecule has 0 aromatic heterocycles. The third-order valence-corrected chi connectivity index (χ3v) is 2.25. The van der Waals surface area contributed by atoms with Crippen molar-refractivity contribution >= 4 is 0 Å². The topological polar surface area (TPSA) is 9.23 Å². The fraction of sp³-hybridized carbons (Fsp3) is 0.273. The van der Waals surface area contributed by atoms with Gasteiger partial charge in [0, 0.05) is 0 Å². The average molecular weight is 160 g/mol. The lowest BCUT2D eigenvalue weighted by molar-refractivity contribution is 0.305. The second kappa shape index (κ2) is 2.67. The van der Waals surface area contributed by atoms with E-state index < -0.39 is 0 Å². The molecule has 0 atom stereocenters. The molecule has 2 rings (SSSR count). The predicted octanol–water partition coefficient (Wildman–Crippen LogP) is 3.08. The van der Waals surface area contributed by atoms with Gasteiger partial charge in [0.25, 0.3) is 0 Å². The summed E-state index contributed by atoms with van der Waals surface area (Å²) in [5, 5.41) is 0. The summed E-state index contributed by atoms with van der Waals surface area (Å²) in [6.07, 6.45) is 9.41. The van der Waals surface area contributed by atoms with Crippen LogP contribution in [0.1, 0.15) is 20.3 Å². The monoisotopic (exact) mass is 160 g/mol. The van der Waals surface area contributed by atoms with Gasteiger partial charge in [-0.25, -0.2) is 0 Å². The van der Waals surface area contributed by atoms with Gasteiger partial charge in [0.1, 0.15) is 11.5 Å². The highest BCUT2D eigenvalue weighted by molar-refractivity contribution is 5.43. The van der Waals surface area contributed by atoms with Gasteiger partial charge < -0.3 is 4.74 Å². The predicted molar refractivity (Wildman–Crippen MR) is 49.4 cm³/mol. The standard InChI is InChI=1S/C11H12O/c1-8-7-10-5-3-4-6-11(10)12-9(8)2/h3-4,6-7H,5H2,1-2H3. The van der Waals surface area contributed by atoms with E-state index in [0.717, 1.165) is 17.9 Å². The van der Waals surface area contributed by atoms with Crippen molar-refractivity contribution in [1.82, 2.24) is 0 Å². The van der Waals surface area contributed by atoms with E-state index in [-0.39, 0.29) is 0 Å². The van der Waals surface area contributed by atoms with Crippen molar-refractivity contribution in [1.29, 1.82) is 0 Å². The molecule has 62 valence electrons. The fourth-order valence-electron chi connectivity index (χ4n) is 1.40. The molecule has 1 aliphatic heterocycles. The van der Waals surface area contributed by atoms with Crippen molar-refractivity contribution in [3.8, 4) is 0 Å². The first-order chi connectivity index (χ1) is 5.77. The van der Waals surface area contributed by atoms with Crippen molar-refractivity contribution < 1.29 is 4.74 Å². The van der Waals surface area contributed by atoms with Gasteiger partial charge in [-0.15, -0.1) is 0 Å². The first-order valence-electron chi connectivity index (χ1n) is 4.20. The number of ether oxygens (including phenoxy) is 1. The number of hydrogen-bond donors (Lipinski definition) is 0. The minimum absolute atomic E-state index is 0.996. The largest absolute Gasteiger partial charge is 0.461 e. The van der Waals surface area contributed by atoms with Crippen LogP contribution < -0.4 is 0 Å². The van der Waals surface area contributed by atoms with E-state index in [1.807, 2.05) is 19.1 Å². The van der Waals surface area contributed by atoms with Crippen LogP contribution >= 0.6 is 0 Å². The number of allylic oxidation sites excluding steroid dienone is 7. The van der Waals surface area contributed by atoms with Gasteiger partial charge in [-0.05, 0) is 43.6 Å². The molecule has 0 fully saturated rings. The Morgan fingerprint density at radius 1 is 1.33 bits per heavy atom. The zero-order chi connectivity index (χ0) is 8.55. The van der Waals surface area contributed by atoms with E-state index in [9.17, 15) is 0 Å². The van der Waals surface area contributed by atoms with E-state index in [0.29, 0.717) is 0 Å². The van der Waals surface area contributed by atoms with Gasteiger partial charge in [-0.2, -0.15) is 0 Å². The van der Waals surface area contributed by atoms with E-state index in [1.165, 1.54) is 11.1 Å². The van der Waals surface area contributed by atoms with Crippen LogP contribution in [0.15, 0.2) is 47.0 Å². The van der Waals surface area contributed by atoms with Gasteiger partial charge in [0.2, 0.25) is 0 Å². The van der Waals surface area contributed by atoms with Crippen molar-refractivity contribution in [3.05, 3.63) is 47.0 Å². The summed E-state index contributed by atoms with van der Waals surface area (Å²) in [6.45, 7) is 4.08. The first kappa shape index (κ1) is 7.41. The molecule has 1 heterocycles. The Morgan fingerprint density at radius 3 is 3.00 bits per heavy atom. The minimum Gasteiger partial charge on any atom is -0.461 e. The second-order valence-electron chi connectivity index (χ2n) is 3.17. The van der Waals surface area contributed by atoms with Gasteiger partial charge in [-0.1, -0.05) is 12.2 Å². The molecular weight excluding hydrogens is 148 g/mol. The molecule has 0 aromatic rings. The Kier molecular flexibility index (Phi) is 1.65. The Hall–Kier alpha value is -1.24. The molecule has 0 aromatic carbocycles. The van der Waals surface area contributed by atoms with Crippen molar-refractivity contribution in [2.75, 3.05) is 0 Å². The molecule has 0 N–H and O–H groups in total. The lowest BCUT2D eigenvalue weighted by Crippen LogP contribution is -2.03. The summed E-state index contributed by atoms with van der Waals surface area (Å²) in [5.74, 6) is 2.03. The van der Waals surface area contributed by atoms with E-state index in [2.05, 4.69) is 19.1 Å². The Balaban J connectivity index is 2.40. The first-order valence-corrected chi connectivity index (χ1v) is 4.20. The highest BCUT2D eigenvalue weighted by Gasteiger charge is 2.14. The maximum absolute atomic E-state index is 5.62. The average Bonchev–Trinajstić information content (AvgIpc) is 2.07. The molecule has 2 aliphatic rings. The van der Waals surface area contributed by atoms with Crippen molar-refractivity contribution in [2.45, 2.75) is 20.3 Å². The van der Waals surface area contributed by atoms with E-state index in [1.54, 1.807) is 0 Å². The summed E-state index contributed by atoms with van der Waals surface area (Å²) in [5.41, 5.74) is 2.53. The van der Waals surface area contributed by atoms with Crippen LogP contribution in [0, 0.1) is 0 Å². The summed E-state index contributed by atoms with van der Waals surface area (Å²) >= 11 is 0. The van der Waals surface area contributed by atoms with Gasteiger partial charge in [-0.3, -0.25) is 0 Å². The molecule has 0 spiro atoms. The molecule has 0 bridgehead atoms. The Labute approximate surface area is 72.7 Å². The van der Waals surface area contributed by atoms with Gasteiger partial charge in [0.05, 0.1) is 0 Å². The summed E-state index contributed by atoms with van der Waals surface area (Å²) in [4.78, 5) is 0. The molecule has 1 heteroatoms. The van der Waals surface area contributed by atoms with Crippen LogP contribution in [0.4, 0.5) is 0 Å². The third-order valence-electron chi connectivity index (χ3n) is 2.25. The minimum atomic E-state index is 0.996. The molecule has 0 saturated carbocycles. The van der Waals surface area contributed by atoms with Crippen LogP contribution in [0.5, 0.6) is 0 Å². The lowest BCUT2D eigenvalue weighted by atomic mass is 10.0. The van der Waals surface area contributed by atoms with Crippen molar-refractivity contribution in [2.24, 2.45) is 0 Å². The highest BCUT2D eigenvalue weighted by atomic mass is 16.5. The SMILES string of the molecule is CC1=C(C)OC2=CC=CCC2=C1. The molecule has 0 unspecified atom stereocenters. The number of rotatable bonds is 0. The van der Waals surface area contributed by atoms with Crippen LogP contribution in [0.3, 0.4) is 0 Å². The molecular formula is C11H12O. The Morgan fingerprint density at radius 2 is 2.17 bits per heavy atom. The Bertz CT molecular complexity index is 327. The molecule has 1 nitrogen and oxygen atoms in total. The zero-order valence-electron chi connectivity index (χ0n) is 7.42. The van der Waals surface area contributed by atoms with Crippen LogP contribution in [-0.2, 0) is 4.74 Å². The molecule has 1 aliphatic carbocycles. The zero-order valence-corrected chi connectivity index (χ0v) is 7.42. The van der Waals surface area contributed by atoms with Crippen molar-refractivity contribution in [3.63, 3.8) is 0 Å². The maximum Gasteiger partial charge on any atom is 0.130 e. The normalized spacial score (nSPS) is 21.2. The van der Waals surface area contributed by atoms with Crippen LogP contribution in [-0.4, -0.2) is 0 Å². The van der Waals surface area contributed by atoms with Crippen LogP contribution in [0.25, 0.3) is 0 Å². The maximum atomic E-state index is 5.62. The number of fused-ring (bicyclic) bond motifs is 1. The molecule has 12 heavy (non-hydrogen) atoms. The molecule has 0 amide bonds. The molecule has 0 radical (unpaired) electrons. The summed E-state index contributed by atoms with van der Waals surface area (Å²) < 4.78 is 5.62. The van der Waals surface area contributed by atoms with Crippen LogP contribution in [0.2, 0.25) is 0 Å². The van der Waals surface area contributed by atoms with E-state index >= 15 is 0 Å². The van der Waals surface area contributed by atoms with E-state index in [4.69, 9.17) is 4.74 Å². The second-order valence-corrected chi connectivity index (χ2v) is 3.17.